The van der Waals surface area contributed by atoms with Gasteiger partial charge in [0.25, 0.3) is 0 Å². The van der Waals surface area contributed by atoms with Gasteiger partial charge < -0.3 is 10.1 Å². The lowest BCUT2D eigenvalue weighted by molar-refractivity contribution is -0.0133. The van der Waals surface area contributed by atoms with Crippen molar-refractivity contribution in [3.8, 4) is 0 Å². The standard InChI is InChI=1S/C25H28ClNO/c1-17(2)23-14-27-15-24(25(23)20-9-11-22(26)12-10-20)28-16-18-7-8-19-5-3-4-6-21(19)13-18/h3-13,17,23-25,27H,14-16H2,1-2H3. The largest absolute Gasteiger partial charge is 0.372 e. The number of benzene rings is 3. The number of hydrogen-bond acceptors (Lipinski definition) is 2. The summed E-state index contributed by atoms with van der Waals surface area (Å²) in [5.74, 6) is 1.50. The Labute approximate surface area is 172 Å². The molecular formula is C25H28ClNO. The van der Waals surface area contributed by atoms with Crippen molar-refractivity contribution in [2.24, 2.45) is 11.8 Å². The molecule has 0 aliphatic carbocycles. The third-order valence-corrected chi connectivity index (χ3v) is 6.23. The molecule has 4 rings (SSSR count). The van der Waals surface area contributed by atoms with Crippen LogP contribution in [0.15, 0.2) is 66.7 Å². The van der Waals surface area contributed by atoms with Crippen molar-refractivity contribution in [3.63, 3.8) is 0 Å². The summed E-state index contributed by atoms with van der Waals surface area (Å²) in [5.41, 5.74) is 2.55. The quantitative estimate of drug-likeness (QED) is 0.570. The maximum atomic E-state index is 6.50. The van der Waals surface area contributed by atoms with Crippen LogP contribution in [-0.4, -0.2) is 19.2 Å². The summed E-state index contributed by atoms with van der Waals surface area (Å²) in [5, 5.41) is 6.91. The van der Waals surface area contributed by atoms with Gasteiger partial charge in [-0.25, -0.2) is 0 Å². The van der Waals surface area contributed by atoms with Crippen LogP contribution in [-0.2, 0) is 11.3 Å². The molecule has 2 nitrogen and oxygen atoms in total. The predicted octanol–water partition coefficient (Wildman–Crippen LogP) is 6.04. The molecule has 1 heterocycles. The van der Waals surface area contributed by atoms with Gasteiger partial charge in [-0.05, 0) is 58.5 Å². The van der Waals surface area contributed by atoms with Crippen molar-refractivity contribution >= 4 is 22.4 Å². The van der Waals surface area contributed by atoms with Crippen LogP contribution in [0.3, 0.4) is 0 Å². The zero-order chi connectivity index (χ0) is 19.5. The molecule has 1 saturated heterocycles. The monoisotopic (exact) mass is 393 g/mol. The van der Waals surface area contributed by atoms with Crippen LogP contribution in [0.2, 0.25) is 5.02 Å². The number of rotatable bonds is 5. The first-order chi connectivity index (χ1) is 13.6. The number of piperidine rings is 1. The third-order valence-electron chi connectivity index (χ3n) is 5.98. The van der Waals surface area contributed by atoms with Crippen molar-refractivity contribution in [2.45, 2.75) is 32.5 Å². The fourth-order valence-electron chi connectivity index (χ4n) is 4.41. The van der Waals surface area contributed by atoms with Crippen molar-refractivity contribution in [3.05, 3.63) is 82.9 Å². The molecule has 3 heteroatoms. The fraction of sp³-hybridized carbons (Fsp3) is 0.360. The number of nitrogens with one attached hydrogen (secondary N) is 1. The van der Waals surface area contributed by atoms with E-state index in [1.54, 1.807) is 0 Å². The molecule has 1 N–H and O–H groups in total. The van der Waals surface area contributed by atoms with Crippen LogP contribution >= 0.6 is 11.6 Å². The number of fused-ring (bicyclic) bond motifs is 1. The van der Waals surface area contributed by atoms with E-state index in [9.17, 15) is 0 Å². The summed E-state index contributed by atoms with van der Waals surface area (Å²) in [6, 6.07) is 23.4. The Balaban J connectivity index is 1.55. The van der Waals surface area contributed by atoms with Gasteiger partial charge in [-0.15, -0.1) is 0 Å². The topological polar surface area (TPSA) is 21.3 Å². The van der Waals surface area contributed by atoms with Crippen LogP contribution in [0.1, 0.15) is 30.9 Å². The molecule has 3 aromatic rings. The van der Waals surface area contributed by atoms with Crippen LogP contribution in [0.5, 0.6) is 0 Å². The normalized spacial score (nSPS) is 22.6. The van der Waals surface area contributed by atoms with Gasteiger partial charge in [0.2, 0.25) is 0 Å². The zero-order valence-electron chi connectivity index (χ0n) is 16.6. The second-order valence-corrected chi connectivity index (χ2v) is 8.61. The molecule has 0 bridgehead atoms. The fourth-order valence-corrected chi connectivity index (χ4v) is 4.54. The van der Waals surface area contributed by atoms with E-state index >= 15 is 0 Å². The molecule has 3 atom stereocenters. The van der Waals surface area contributed by atoms with E-state index in [0.29, 0.717) is 24.4 Å². The highest BCUT2D eigenvalue weighted by molar-refractivity contribution is 6.30. The summed E-state index contributed by atoms with van der Waals surface area (Å²) in [4.78, 5) is 0. The summed E-state index contributed by atoms with van der Waals surface area (Å²) in [6.45, 7) is 7.15. The van der Waals surface area contributed by atoms with Crippen molar-refractivity contribution in [1.82, 2.24) is 5.32 Å². The number of halogens is 1. The molecule has 0 amide bonds. The maximum Gasteiger partial charge on any atom is 0.0775 e. The van der Waals surface area contributed by atoms with Crippen molar-refractivity contribution in [1.29, 1.82) is 0 Å². The van der Waals surface area contributed by atoms with Gasteiger partial charge >= 0.3 is 0 Å². The van der Waals surface area contributed by atoms with E-state index in [1.807, 2.05) is 12.1 Å². The Hall–Kier alpha value is -1.87. The highest BCUT2D eigenvalue weighted by Gasteiger charge is 2.36. The summed E-state index contributed by atoms with van der Waals surface area (Å²) in [7, 11) is 0. The number of ether oxygens (including phenoxy) is 1. The minimum atomic E-state index is 0.147. The average molecular weight is 394 g/mol. The molecular weight excluding hydrogens is 366 g/mol. The molecule has 0 saturated carbocycles. The minimum Gasteiger partial charge on any atom is -0.372 e. The highest BCUT2D eigenvalue weighted by atomic mass is 35.5. The van der Waals surface area contributed by atoms with Crippen LogP contribution in [0.4, 0.5) is 0 Å². The Kier molecular flexibility index (Phi) is 6.01. The zero-order valence-corrected chi connectivity index (χ0v) is 17.3. The first-order valence-electron chi connectivity index (χ1n) is 10.2. The van der Waals surface area contributed by atoms with Crippen LogP contribution in [0.25, 0.3) is 10.8 Å². The van der Waals surface area contributed by atoms with Gasteiger partial charge in [0.05, 0.1) is 12.7 Å². The van der Waals surface area contributed by atoms with Gasteiger partial charge in [0.15, 0.2) is 0 Å². The van der Waals surface area contributed by atoms with Gasteiger partial charge in [0.1, 0.15) is 0 Å². The van der Waals surface area contributed by atoms with Crippen LogP contribution in [0, 0.1) is 11.8 Å². The summed E-state index contributed by atoms with van der Waals surface area (Å²) < 4.78 is 6.50. The molecule has 0 radical (unpaired) electrons. The molecule has 28 heavy (non-hydrogen) atoms. The molecule has 0 spiro atoms. The van der Waals surface area contributed by atoms with E-state index in [2.05, 4.69) is 73.8 Å². The molecule has 146 valence electrons. The van der Waals surface area contributed by atoms with E-state index in [0.717, 1.165) is 18.1 Å². The summed E-state index contributed by atoms with van der Waals surface area (Å²) >= 11 is 6.13. The van der Waals surface area contributed by atoms with Gasteiger partial charge in [-0.3, -0.25) is 0 Å². The SMILES string of the molecule is CC(C)C1CNCC(OCc2ccc3ccccc3c2)C1c1ccc(Cl)cc1. The first-order valence-corrected chi connectivity index (χ1v) is 10.5. The maximum absolute atomic E-state index is 6.50. The minimum absolute atomic E-state index is 0.147. The molecule has 1 aliphatic rings. The van der Waals surface area contributed by atoms with Crippen LogP contribution < -0.4 is 5.32 Å². The average Bonchev–Trinajstić information content (AvgIpc) is 2.72. The lowest BCUT2D eigenvalue weighted by Crippen LogP contribution is -2.48. The second-order valence-electron chi connectivity index (χ2n) is 8.17. The van der Waals surface area contributed by atoms with Gasteiger partial charge in [0, 0.05) is 17.5 Å². The van der Waals surface area contributed by atoms with Gasteiger partial charge in [-0.2, -0.15) is 0 Å². The number of hydrogen-bond donors (Lipinski definition) is 1. The Bertz CT molecular complexity index is 921. The predicted molar refractivity (Wildman–Crippen MR) is 118 cm³/mol. The van der Waals surface area contributed by atoms with E-state index in [4.69, 9.17) is 16.3 Å². The summed E-state index contributed by atoms with van der Waals surface area (Å²) in [6.07, 6.45) is 0.147. The highest BCUT2D eigenvalue weighted by Crippen LogP contribution is 2.37. The van der Waals surface area contributed by atoms with Crippen molar-refractivity contribution < 1.29 is 4.74 Å². The molecule has 1 fully saturated rings. The molecule has 1 aliphatic heterocycles. The van der Waals surface area contributed by atoms with Gasteiger partial charge in [-0.1, -0.05) is 74.0 Å². The first kappa shape index (κ1) is 19.4. The van der Waals surface area contributed by atoms with E-state index in [-0.39, 0.29) is 6.10 Å². The van der Waals surface area contributed by atoms with E-state index in [1.165, 1.54) is 21.9 Å². The third kappa shape index (κ3) is 4.25. The Morgan fingerprint density at radius 1 is 0.964 bits per heavy atom. The lowest BCUT2D eigenvalue weighted by atomic mass is 9.74. The second kappa shape index (κ2) is 8.65. The lowest BCUT2D eigenvalue weighted by Gasteiger charge is -2.41. The van der Waals surface area contributed by atoms with Crippen molar-refractivity contribution in [2.75, 3.05) is 13.1 Å². The smallest absolute Gasteiger partial charge is 0.0775 e. The molecule has 3 unspecified atom stereocenters. The Morgan fingerprint density at radius 3 is 2.46 bits per heavy atom. The Morgan fingerprint density at radius 2 is 1.71 bits per heavy atom. The molecule has 3 aromatic carbocycles. The molecule has 0 aromatic heterocycles. The van der Waals surface area contributed by atoms with E-state index < -0.39 is 0 Å².